The van der Waals surface area contributed by atoms with E-state index in [1.165, 1.54) is 11.1 Å². The molecular formula is C14H17N5. The van der Waals surface area contributed by atoms with E-state index in [-0.39, 0.29) is 0 Å². The maximum absolute atomic E-state index is 5.77. The molecule has 0 bridgehead atoms. The molecule has 0 fully saturated rings. The number of benzene rings is 1. The van der Waals surface area contributed by atoms with E-state index in [4.69, 9.17) is 5.73 Å². The van der Waals surface area contributed by atoms with E-state index < -0.39 is 0 Å². The highest BCUT2D eigenvalue weighted by Gasteiger charge is 2.20. The van der Waals surface area contributed by atoms with Crippen LogP contribution < -0.4 is 16.0 Å². The van der Waals surface area contributed by atoms with Crippen molar-refractivity contribution in [3.05, 3.63) is 41.5 Å². The number of hydrogen-bond donors (Lipinski definition) is 2. The summed E-state index contributed by atoms with van der Waals surface area (Å²) in [5.74, 6) is 1.96. The number of nitrogens with one attached hydrogen (secondary N) is 1. The first-order valence-electron chi connectivity index (χ1n) is 6.46. The van der Waals surface area contributed by atoms with Crippen LogP contribution in [0, 0.1) is 0 Å². The van der Waals surface area contributed by atoms with E-state index in [0.29, 0.717) is 5.95 Å². The second-order valence-corrected chi connectivity index (χ2v) is 4.62. The first-order valence-corrected chi connectivity index (χ1v) is 6.46. The SMILES string of the molecule is CCNc1cc(N2Cc3ccccc3C2)nc(N)n1. The summed E-state index contributed by atoms with van der Waals surface area (Å²) in [6, 6.07) is 10.4. The molecule has 3 rings (SSSR count). The molecule has 3 N–H and O–H groups in total. The Hall–Kier alpha value is -2.30. The molecule has 1 aromatic heterocycles. The Morgan fingerprint density at radius 1 is 1.21 bits per heavy atom. The lowest BCUT2D eigenvalue weighted by Crippen LogP contribution is -2.17. The summed E-state index contributed by atoms with van der Waals surface area (Å²) < 4.78 is 0. The number of nitrogens with zero attached hydrogens (tertiary/aromatic N) is 3. The fourth-order valence-corrected chi connectivity index (χ4v) is 2.38. The van der Waals surface area contributed by atoms with Crippen LogP contribution in [0.2, 0.25) is 0 Å². The van der Waals surface area contributed by atoms with E-state index in [2.05, 4.69) is 44.5 Å². The molecule has 2 heterocycles. The second kappa shape index (κ2) is 4.76. The molecule has 0 radical (unpaired) electrons. The number of fused-ring (bicyclic) bond motifs is 1. The third-order valence-electron chi connectivity index (χ3n) is 3.25. The minimum atomic E-state index is 0.310. The van der Waals surface area contributed by atoms with Crippen molar-refractivity contribution in [3.63, 3.8) is 0 Å². The number of rotatable bonds is 3. The Kier molecular flexibility index (Phi) is 2.95. The number of anilines is 3. The monoisotopic (exact) mass is 255 g/mol. The van der Waals surface area contributed by atoms with Gasteiger partial charge in [0.2, 0.25) is 5.95 Å². The third kappa shape index (κ3) is 2.31. The van der Waals surface area contributed by atoms with Gasteiger partial charge in [0.1, 0.15) is 11.6 Å². The van der Waals surface area contributed by atoms with Crippen molar-refractivity contribution in [1.29, 1.82) is 0 Å². The van der Waals surface area contributed by atoms with Crippen LogP contribution in [0.15, 0.2) is 30.3 Å². The molecule has 0 amide bonds. The zero-order valence-corrected chi connectivity index (χ0v) is 10.9. The van der Waals surface area contributed by atoms with Gasteiger partial charge in [0.05, 0.1) is 0 Å². The molecule has 1 aliphatic heterocycles. The van der Waals surface area contributed by atoms with Gasteiger partial charge in [0, 0.05) is 25.7 Å². The largest absolute Gasteiger partial charge is 0.370 e. The van der Waals surface area contributed by atoms with Gasteiger partial charge in [-0.2, -0.15) is 9.97 Å². The summed E-state index contributed by atoms with van der Waals surface area (Å²) >= 11 is 0. The molecule has 5 nitrogen and oxygen atoms in total. The lowest BCUT2D eigenvalue weighted by molar-refractivity contribution is 0.853. The molecular weight excluding hydrogens is 238 g/mol. The molecule has 0 unspecified atom stereocenters. The Morgan fingerprint density at radius 2 is 1.89 bits per heavy atom. The van der Waals surface area contributed by atoms with Gasteiger partial charge in [0.15, 0.2) is 0 Å². The van der Waals surface area contributed by atoms with Crippen molar-refractivity contribution in [2.24, 2.45) is 0 Å². The minimum Gasteiger partial charge on any atom is -0.370 e. The second-order valence-electron chi connectivity index (χ2n) is 4.62. The molecule has 0 saturated carbocycles. The zero-order chi connectivity index (χ0) is 13.2. The van der Waals surface area contributed by atoms with Crippen LogP contribution in [0.4, 0.5) is 17.6 Å². The van der Waals surface area contributed by atoms with Crippen molar-refractivity contribution in [2.75, 3.05) is 22.5 Å². The van der Waals surface area contributed by atoms with Crippen LogP contribution in [0.25, 0.3) is 0 Å². The van der Waals surface area contributed by atoms with Gasteiger partial charge in [-0.25, -0.2) is 0 Å². The van der Waals surface area contributed by atoms with Gasteiger partial charge in [-0.15, -0.1) is 0 Å². The Labute approximate surface area is 112 Å². The van der Waals surface area contributed by atoms with Crippen LogP contribution in [0.3, 0.4) is 0 Å². The maximum atomic E-state index is 5.77. The highest BCUT2D eigenvalue weighted by atomic mass is 15.2. The third-order valence-corrected chi connectivity index (χ3v) is 3.25. The Bertz CT molecular complexity index is 571. The summed E-state index contributed by atoms with van der Waals surface area (Å²) in [7, 11) is 0. The van der Waals surface area contributed by atoms with Crippen molar-refractivity contribution < 1.29 is 0 Å². The van der Waals surface area contributed by atoms with Gasteiger partial charge in [-0.3, -0.25) is 0 Å². The number of aromatic nitrogens is 2. The zero-order valence-electron chi connectivity index (χ0n) is 10.9. The van der Waals surface area contributed by atoms with E-state index in [1.807, 2.05) is 13.0 Å². The Balaban J connectivity index is 1.88. The van der Waals surface area contributed by atoms with Gasteiger partial charge < -0.3 is 16.0 Å². The van der Waals surface area contributed by atoms with Crippen molar-refractivity contribution in [2.45, 2.75) is 20.0 Å². The number of nitrogen functional groups attached to an aromatic ring is 1. The van der Waals surface area contributed by atoms with E-state index in [1.54, 1.807) is 0 Å². The molecule has 0 atom stereocenters. The molecule has 98 valence electrons. The quantitative estimate of drug-likeness (QED) is 0.878. The van der Waals surface area contributed by atoms with Gasteiger partial charge in [-0.1, -0.05) is 24.3 Å². The molecule has 5 heteroatoms. The molecule has 0 saturated heterocycles. The van der Waals surface area contributed by atoms with Crippen LogP contribution in [-0.2, 0) is 13.1 Å². The Morgan fingerprint density at radius 3 is 2.53 bits per heavy atom. The molecule has 0 spiro atoms. The van der Waals surface area contributed by atoms with E-state index >= 15 is 0 Å². The van der Waals surface area contributed by atoms with E-state index in [0.717, 1.165) is 31.3 Å². The van der Waals surface area contributed by atoms with Crippen LogP contribution in [-0.4, -0.2) is 16.5 Å². The first kappa shape index (κ1) is 11.8. The summed E-state index contributed by atoms with van der Waals surface area (Å²) in [4.78, 5) is 10.7. The van der Waals surface area contributed by atoms with Crippen LogP contribution in [0.5, 0.6) is 0 Å². The number of nitrogens with two attached hydrogens (primary N) is 1. The molecule has 2 aromatic rings. The predicted molar refractivity (Wildman–Crippen MR) is 76.9 cm³/mol. The standard InChI is InChI=1S/C14H17N5/c1-2-16-12-7-13(18-14(15)17-12)19-8-10-5-3-4-6-11(10)9-19/h3-7H,2,8-9H2,1H3,(H3,15,16,17,18). The first-order chi connectivity index (χ1) is 9.26. The fraction of sp³-hybridized carbons (Fsp3) is 0.286. The van der Waals surface area contributed by atoms with Crippen molar-refractivity contribution >= 4 is 17.6 Å². The lowest BCUT2D eigenvalue weighted by atomic mass is 10.1. The highest BCUT2D eigenvalue weighted by molar-refractivity contribution is 5.55. The normalized spacial score (nSPS) is 13.4. The smallest absolute Gasteiger partial charge is 0.223 e. The van der Waals surface area contributed by atoms with Gasteiger partial charge in [-0.05, 0) is 18.1 Å². The number of hydrogen-bond acceptors (Lipinski definition) is 5. The van der Waals surface area contributed by atoms with Crippen molar-refractivity contribution in [1.82, 2.24) is 9.97 Å². The van der Waals surface area contributed by atoms with Gasteiger partial charge in [0.25, 0.3) is 0 Å². The molecule has 1 aromatic carbocycles. The molecule has 1 aliphatic rings. The summed E-state index contributed by atoms with van der Waals surface area (Å²) in [5, 5.41) is 3.18. The van der Waals surface area contributed by atoms with Crippen LogP contribution in [0.1, 0.15) is 18.1 Å². The predicted octanol–water partition coefficient (Wildman–Crippen LogP) is 2.01. The maximum Gasteiger partial charge on any atom is 0.223 e. The van der Waals surface area contributed by atoms with E-state index in [9.17, 15) is 0 Å². The molecule has 0 aliphatic carbocycles. The van der Waals surface area contributed by atoms with Gasteiger partial charge >= 0.3 is 0 Å². The van der Waals surface area contributed by atoms with Crippen molar-refractivity contribution in [3.8, 4) is 0 Å². The average Bonchev–Trinajstić information content (AvgIpc) is 2.82. The fourth-order valence-electron chi connectivity index (χ4n) is 2.38. The van der Waals surface area contributed by atoms with Crippen LogP contribution >= 0.6 is 0 Å². The highest BCUT2D eigenvalue weighted by Crippen LogP contribution is 2.28. The minimum absolute atomic E-state index is 0.310. The topological polar surface area (TPSA) is 67.1 Å². The summed E-state index contributed by atoms with van der Waals surface area (Å²) in [5.41, 5.74) is 8.48. The lowest BCUT2D eigenvalue weighted by Gasteiger charge is -2.17. The summed E-state index contributed by atoms with van der Waals surface area (Å²) in [6.07, 6.45) is 0. The summed E-state index contributed by atoms with van der Waals surface area (Å²) in [6.45, 7) is 4.59. The average molecular weight is 255 g/mol. The molecule has 19 heavy (non-hydrogen) atoms.